The van der Waals surface area contributed by atoms with Gasteiger partial charge in [0, 0.05) is 35.0 Å². The van der Waals surface area contributed by atoms with Crippen molar-refractivity contribution in [2.45, 2.75) is 20.8 Å². The van der Waals surface area contributed by atoms with E-state index in [2.05, 4.69) is 10.1 Å². The summed E-state index contributed by atoms with van der Waals surface area (Å²) < 4.78 is 22.2. The molecule has 152 valence electrons. The van der Waals surface area contributed by atoms with Crippen LogP contribution in [0.5, 0.6) is 0 Å². The van der Waals surface area contributed by atoms with E-state index in [4.69, 9.17) is 4.74 Å². The van der Waals surface area contributed by atoms with Crippen molar-refractivity contribution >= 4 is 17.4 Å². The first-order chi connectivity index (χ1) is 14.4. The van der Waals surface area contributed by atoms with E-state index in [-0.39, 0.29) is 17.2 Å². The quantitative estimate of drug-likeness (QED) is 0.374. The van der Waals surface area contributed by atoms with Crippen molar-refractivity contribution in [3.8, 4) is 5.69 Å². The number of benzene rings is 1. The zero-order valence-corrected chi connectivity index (χ0v) is 16.7. The van der Waals surface area contributed by atoms with Crippen LogP contribution in [0.2, 0.25) is 0 Å². The van der Waals surface area contributed by atoms with Gasteiger partial charge in [-0.3, -0.25) is 4.79 Å². The zero-order chi connectivity index (χ0) is 21.4. The number of fused-ring (bicyclic) bond motifs is 1. The minimum Gasteiger partial charge on any atom is -0.454 e. The van der Waals surface area contributed by atoms with Gasteiger partial charge in [-0.25, -0.2) is 18.7 Å². The number of nitrogens with zero attached hydrogens (tertiary/aromatic N) is 4. The maximum Gasteiger partial charge on any atom is 0.344 e. The first-order valence-corrected chi connectivity index (χ1v) is 9.32. The molecule has 0 amide bonds. The van der Waals surface area contributed by atoms with E-state index in [0.29, 0.717) is 28.3 Å². The molecule has 0 aliphatic heterocycles. The van der Waals surface area contributed by atoms with Crippen molar-refractivity contribution in [3.05, 3.63) is 82.8 Å². The van der Waals surface area contributed by atoms with Crippen LogP contribution in [-0.2, 0) is 4.74 Å². The summed E-state index contributed by atoms with van der Waals surface area (Å²) in [6, 6.07) is 9.54. The molecule has 4 aromatic rings. The second-order valence-electron chi connectivity index (χ2n) is 6.95. The Kier molecular flexibility index (Phi) is 4.91. The minimum absolute atomic E-state index is 0.230. The van der Waals surface area contributed by atoms with Gasteiger partial charge >= 0.3 is 5.97 Å². The highest BCUT2D eigenvalue weighted by atomic mass is 19.1. The van der Waals surface area contributed by atoms with E-state index in [1.165, 1.54) is 16.6 Å². The van der Waals surface area contributed by atoms with E-state index >= 15 is 0 Å². The molecule has 0 saturated carbocycles. The third-order valence-electron chi connectivity index (χ3n) is 4.91. The molecule has 0 unspecified atom stereocenters. The predicted molar refractivity (Wildman–Crippen MR) is 108 cm³/mol. The van der Waals surface area contributed by atoms with Gasteiger partial charge in [0.05, 0.1) is 5.69 Å². The molecule has 30 heavy (non-hydrogen) atoms. The lowest BCUT2D eigenvalue weighted by Crippen LogP contribution is -2.15. The van der Waals surface area contributed by atoms with Gasteiger partial charge in [0.1, 0.15) is 11.4 Å². The molecule has 0 fully saturated rings. The van der Waals surface area contributed by atoms with E-state index < -0.39 is 12.6 Å². The predicted octanol–water partition coefficient (Wildman–Crippen LogP) is 3.62. The van der Waals surface area contributed by atoms with Gasteiger partial charge < -0.3 is 9.30 Å². The van der Waals surface area contributed by atoms with Gasteiger partial charge in [0.25, 0.3) is 0 Å². The molecule has 1 aromatic carbocycles. The number of ether oxygens (including phenoxy) is 1. The molecule has 0 saturated heterocycles. The molecule has 0 aliphatic rings. The average Bonchev–Trinajstić information content (AvgIpc) is 3.21. The van der Waals surface area contributed by atoms with Gasteiger partial charge in [-0.15, -0.1) is 0 Å². The first-order valence-electron chi connectivity index (χ1n) is 9.32. The van der Waals surface area contributed by atoms with Gasteiger partial charge in [0.15, 0.2) is 12.3 Å². The third kappa shape index (κ3) is 3.36. The normalized spacial score (nSPS) is 11.1. The Morgan fingerprint density at radius 3 is 2.70 bits per heavy atom. The number of carbonyl (C=O) groups excluding carboxylic acids is 2. The standard InChI is InChI=1S/C22H19FN4O3/c1-13-10-18(15(3)27(13)17-7-4-6-16(23)11-17)19(28)12-30-22(29)20-14(2)25-26-9-5-8-24-21(20)26/h4-11H,12H2,1-3H3. The minimum atomic E-state index is -0.659. The van der Waals surface area contributed by atoms with Crippen LogP contribution in [0, 0.1) is 26.6 Å². The van der Waals surface area contributed by atoms with Crippen LogP contribution in [-0.4, -0.2) is 37.5 Å². The van der Waals surface area contributed by atoms with E-state index in [1.807, 2.05) is 6.92 Å². The van der Waals surface area contributed by atoms with Gasteiger partial charge in [0.2, 0.25) is 5.78 Å². The molecule has 7 nitrogen and oxygen atoms in total. The summed E-state index contributed by atoms with van der Waals surface area (Å²) in [6.07, 6.45) is 3.23. The summed E-state index contributed by atoms with van der Waals surface area (Å²) in [5, 5.41) is 4.22. The van der Waals surface area contributed by atoms with Gasteiger partial charge in [-0.05, 0) is 51.1 Å². The van der Waals surface area contributed by atoms with E-state index in [1.54, 1.807) is 55.1 Å². The van der Waals surface area contributed by atoms with Crippen LogP contribution in [0.25, 0.3) is 11.3 Å². The average molecular weight is 406 g/mol. The Labute approximate surface area is 171 Å². The smallest absolute Gasteiger partial charge is 0.344 e. The van der Waals surface area contributed by atoms with Crippen LogP contribution in [0.4, 0.5) is 4.39 Å². The number of hydrogen-bond acceptors (Lipinski definition) is 5. The summed E-state index contributed by atoms with van der Waals surface area (Å²) in [5.41, 5.74) is 3.53. The Balaban J connectivity index is 1.55. The van der Waals surface area contributed by atoms with Gasteiger partial charge in [-0.1, -0.05) is 6.07 Å². The number of hydrogen-bond donors (Lipinski definition) is 0. The number of Topliss-reactive ketones (excluding diaryl/α,β-unsaturated/α-hetero) is 1. The maximum absolute atomic E-state index is 13.6. The van der Waals surface area contributed by atoms with Crippen molar-refractivity contribution in [3.63, 3.8) is 0 Å². The Morgan fingerprint density at radius 2 is 1.93 bits per heavy atom. The second-order valence-corrected chi connectivity index (χ2v) is 6.95. The molecule has 4 rings (SSSR count). The van der Waals surface area contributed by atoms with Crippen LogP contribution in [0.3, 0.4) is 0 Å². The molecule has 8 heteroatoms. The van der Waals surface area contributed by atoms with E-state index in [9.17, 15) is 14.0 Å². The highest BCUT2D eigenvalue weighted by Gasteiger charge is 2.22. The lowest BCUT2D eigenvalue weighted by molar-refractivity contribution is 0.0475. The van der Waals surface area contributed by atoms with E-state index in [0.717, 1.165) is 5.69 Å². The SMILES string of the molecule is Cc1nn2cccnc2c1C(=O)OCC(=O)c1cc(C)n(-c2cccc(F)c2)c1C. The number of carbonyl (C=O) groups is 2. The molecule has 0 spiro atoms. The molecule has 0 N–H and O–H groups in total. The number of rotatable bonds is 5. The van der Waals surface area contributed by atoms with Crippen molar-refractivity contribution in [1.29, 1.82) is 0 Å². The lowest BCUT2D eigenvalue weighted by atomic mass is 10.1. The van der Waals surface area contributed by atoms with Crippen molar-refractivity contribution in [1.82, 2.24) is 19.2 Å². The highest BCUT2D eigenvalue weighted by molar-refractivity contribution is 6.02. The number of aromatic nitrogens is 4. The fourth-order valence-electron chi connectivity index (χ4n) is 3.57. The van der Waals surface area contributed by atoms with Crippen molar-refractivity contribution < 1.29 is 18.7 Å². The summed E-state index contributed by atoms with van der Waals surface area (Å²) >= 11 is 0. The van der Waals surface area contributed by atoms with Gasteiger partial charge in [-0.2, -0.15) is 5.10 Å². The largest absolute Gasteiger partial charge is 0.454 e. The zero-order valence-electron chi connectivity index (χ0n) is 16.7. The molecule has 0 aliphatic carbocycles. The number of esters is 1. The molecular weight excluding hydrogens is 387 g/mol. The molecular formula is C22H19FN4O3. The first kappa shape index (κ1) is 19.5. The lowest BCUT2D eigenvalue weighted by Gasteiger charge is -2.10. The van der Waals surface area contributed by atoms with Crippen molar-refractivity contribution in [2.24, 2.45) is 0 Å². The Hall–Kier alpha value is -3.81. The summed E-state index contributed by atoms with van der Waals surface area (Å²) in [6.45, 7) is 4.86. The molecule has 3 heterocycles. The topological polar surface area (TPSA) is 78.5 Å². The third-order valence-corrected chi connectivity index (χ3v) is 4.91. The fraction of sp³-hybridized carbons (Fsp3) is 0.182. The van der Waals surface area contributed by atoms with Crippen LogP contribution in [0.1, 0.15) is 37.8 Å². The summed E-state index contributed by atoms with van der Waals surface area (Å²) in [7, 11) is 0. The van der Waals surface area contributed by atoms with Crippen LogP contribution >= 0.6 is 0 Å². The Bertz CT molecular complexity index is 1290. The fourth-order valence-corrected chi connectivity index (χ4v) is 3.57. The highest BCUT2D eigenvalue weighted by Crippen LogP contribution is 2.22. The summed E-state index contributed by atoms with van der Waals surface area (Å²) in [5.74, 6) is -1.37. The molecule has 0 bridgehead atoms. The number of aryl methyl sites for hydroxylation is 2. The molecule has 0 atom stereocenters. The number of halogens is 1. The Morgan fingerprint density at radius 1 is 1.13 bits per heavy atom. The number of ketones is 1. The monoisotopic (exact) mass is 406 g/mol. The van der Waals surface area contributed by atoms with Crippen LogP contribution < -0.4 is 0 Å². The summed E-state index contributed by atoms with van der Waals surface area (Å²) in [4.78, 5) is 29.5. The second kappa shape index (κ2) is 7.55. The molecule has 3 aromatic heterocycles. The maximum atomic E-state index is 13.6. The van der Waals surface area contributed by atoms with Crippen LogP contribution in [0.15, 0.2) is 48.8 Å². The van der Waals surface area contributed by atoms with Crippen molar-refractivity contribution in [2.75, 3.05) is 6.61 Å². The molecule has 0 radical (unpaired) electrons.